The van der Waals surface area contributed by atoms with Crippen LogP contribution in [0.1, 0.15) is 38.5 Å². The van der Waals surface area contributed by atoms with Gasteiger partial charge >= 0.3 is 0 Å². The molecule has 2 nitrogen and oxygen atoms in total. The van der Waals surface area contributed by atoms with Crippen molar-refractivity contribution < 1.29 is 9.47 Å². The molecular weight excluding hydrogens is 296 g/mol. The maximum atomic E-state index is 5.35. The topological polar surface area (TPSA) is 18.5 Å². The molecule has 0 aliphatic heterocycles. The average molecular weight is 328 g/mol. The molecule has 0 radical (unpaired) electrons. The third kappa shape index (κ3) is 13.4. The van der Waals surface area contributed by atoms with Crippen LogP contribution >= 0.6 is 0 Å². The molecule has 132 valence electrons. The standard InChI is InChI=1S/C12H14O2.C10H18/c1-3-8-13-11-6-5-7-12(10-11)14-9-4-2;1-3-5-7-9-10-8-6-4-2/h3-7,10H,1-2,8-9H2;3-4H,1-2,5-10H2. The first kappa shape index (κ1) is 21.8. The van der Waals surface area contributed by atoms with Crippen LogP contribution in [0.3, 0.4) is 0 Å². The molecule has 0 aliphatic rings. The molecule has 0 bridgehead atoms. The first-order valence-corrected chi connectivity index (χ1v) is 8.57. The Bertz CT molecular complexity index is 424. The van der Waals surface area contributed by atoms with Gasteiger partial charge < -0.3 is 9.47 Å². The molecule has 0 atom stereocenters. The quantitative estimate of drug-likeness (QED) is 0.303. The van der Waals surface area contributed by atoms with Gasteiger partial charge in [0, 0.05) is 6.07 Å². The van der Waals surface area contributed by atoms with Gasteiger partial charge in [0.2, 0.25) is 0 Å². The summed E-state index contributed by atoms with van der Waals surface area (Å²) < 4.78 is 10.7. The lowest BCUT2D eigenvalue weighted by molar-refractivity contribution is 0.345. The third-order valence-electron chi connectivity index (χ3n) is 3.11. The SMILES string of the molecule is C=CCCCCCCC=C.C=CCOc1cccc(OCC=C)c1. The van der Waals surface area contributed by atoms with E-state index in [0.717, 1.165) is 11.5 Å². The van der Waals surface area contributed by atoms with Crippen LogP contribution in [0.5, 0.6) is 11.5 Å². The summed E-state index contributed by atoms with van der Waals surface area (Å²) in [4.78, 5) is 0. The Kier molecular flexibility index (Phi) is 15.6. The number of unbranched alkanes of at least 4 members (excludes halogenated alkanes) is 5. The zero-order chi connectivity index (χ0) is 17.9. The Hall–Kier alpha value is -2.22. The maximum Gasteiger partial charge on any atom is 0.123 e. The van der Waals surface area contributed by atoms with Crippen LogP contribution in [0.15, 0.2) is 74.9 Å². The second kappa shape index (κ2) is 17.1. The summed E-state index contributed by atoms with van der Waals surface area (Å²) in [5.74, 6) is 1.57. The lowest BCUT2D eigenvalue weighted by Crippen LogP contribution is -1.95. The van der Waals surface area contributed by atoms with E-state index in [2.05, 4.69) is 26.3 Å². The largest absolute Gasteiger partial charge is 0.489 e. The van der Waals surface area contributed by atoms with Gasteiger partial charge in [-0.25, -0.2) is 0 Å². The van der Waals surface area contributed by atoms with Crippen molar-refractivity contribution in [2.24, 2.45) is 0 Å². The minimum atomic E-state index is 0.505. The third-order valence-corrected chi connectivity index (χ3v) is 3.11. The van der Waals surface area contributed by atoms with Crippen molar-refractivity contribution >= 4 is 0 Å². The molecule has 0 fully saturated rings. The minimum Gasteiger partial charge on any atom is -0.489 e. The van der Waals surface area contributed by atoms with Crippen LogP contribution in [0.2, 0.25) is 0 Å². The van der Waals surface area contributed by atoms with Crippen molar-refractivity contribution in [1.82, 2.24) is 0 Å². The Morgan fingerprint density at radius 2 is 1.12 bits per heavy atom. The van der Waals surface area contributed by atoms with Crippen LogP contribution in [0.25, 0.3) is 0 Å². The van der Waals surface area contributed by atoms with Crippen molar-refractivity contribution in [1.29, 1.82) is 0 Å². The summed E-state index contributed by atoms with van der Waals surface area (Å²) in [5.41, 5.74) is 0. The van der Waals surface area contributed by atoms with Gasteiger partial charge in [-0.05, 0) is 37.8 Å². The van der Waals surface area contributed by atoms with E-state index in [-0.39, 0.29) is 0 Å². The van der Waals surface area contributed by atoms with E-state index in [0.29, 0.717) is 13.2 Å². The fourth-order valence-electron chi connectivity index (χ4n) is 1.89. The van der Waals surface area contributed by atoms with Crippen molar-refractivity contribution in [3.8, 4) is 11.5 Å². The molecule has 0 amide bonds. The van der Waals surface area contributed by atoms with Crippen LogP contribution in [-0.4, -0.2) is 13.2 Å². The van der Waals surface area contributed by atoms with Gasteiger partial charge in [0.25, 0.3) is 0 Å². The number of ether oxygens (including phenoxy) is 2. The first-order chi connectivity index (χ1) is 11.8. The highest BCUT2D eigenvalue weighted by molar-refractivity contribution is 5.33. The fraction of sp³-hybridized carbons (Fsp3) is 0.364. The van der Waals surface area contributed by atoms with E-state index in [4.69, 9.17) is 9.47 Å². The number of benzene rings is 1. The van der Waals surface area contributed by atoms with Gasteiger partial charge in [-0.15, -0.1) is 13.2 Å². The predicted octanol–water partition coefficient (Wildman–Crippen LogP) is 6.52. The van der Waals surface area contributed by atoms with Crippen LogP contribution in [-0.2, 0) is 0 Å². The Balaban J connectivity index is 0.000000470. The number of hydrogen-bond acceptors (Lipinski definition) is 2. The van der Waals surface area contributed by atoms with Gasteiger partial charge in [0.1, 0.15) is 24.7 Å². The predicted molar refractivity (Wildman–Crippen MR) is 106 cm³/mol. The van der Waals surface area contributed by atoms with Crippen molar-refractivity contribution in [2.75, 3.05) is 13.2 Å². The smallest absolute Gasteiger partial charge is 0.123 e. The molecule has 0 unspecified atom stereocenters. The zero-order valence-electron chi connectivity index (χ0n) is 14.9. The average Bonchev–Trinajstić information content (AvgIpc) is 2.62. The summed E-state index contributed by atoms with van der Waals surface area (Å²) in [5, 5.41) is 0. The lowest BCUT2D eigenvalue weighted by Gasteiger charge is -2.06. The second-order valence-electron chi connectivity index (χ2n) is 5.24. The molecule has 2 heteroatoms. The van der Waals surface area contributed by atoms with Crippen molar-refractivity contribution in [3.63, 3.8) is 0 Å². The molecule has 0 spiro atoms. The van der Waals surface area contributed by atoms with Crippen LogP contribution < -0.4 is 9.47 Å². The van der Waals surface area contributed by atoms with Crippen LogP contribution in [0, 0.1) is 0 Å². The second-order valence-corrected chi connectivity index (χ2v) is 5.24. The van der Waals surface area contributed by atoms with E-state index in [9.17, 15) is 0 Å². The summed E-state index contributed by atoms with van der Waals surface area (Å²) in [6.07, 6.45) is 15.1. The lowest BCUT2D eigenvalue weighted by atomic mass is 10.1. The van der Waals surface area contributed by atoms with E-state index >= 15 is 0 Å². The first-order valence-electron chi connectivity index (χ1n) is 8.57. The Morgan fingerprint density at radius 3 is 1.50 bits per heavy atom. The van der Waals surface area contributed by atoms with Gasteiger partial charge in [-0.1, -0.05) is 56.4 Å². The van der Waals surface area contributed by atoms with Gasteiger partial charge in [-0.2, -0.15) is 0 Å². The van der Waals surface area contributed by atoms with E-state index < -0.39 is 0 Å². The number of hydrogen-bond donors (Lipinski definition) is 0. The summed E-state index contributed by atoms with van der Waals surface area (Å²) >= 11 is 0. The molecular formula is C22H32O2. The summed E-state index contributed by atoms with van der Waals surface area (Å²) in [6.45, 7) is 15.5. The van der Waals surface area contributed by atoms with Crippen molar-refractivity contribution in [2.45, 2.75) is 38.5 Å². The molecule has 0 heterocycles. The molecule has 1 aromatic rings. The number of allylic oxidation sites excluding steroid dienone is 2. The minimum absolute atomic E-state index is 0.505. The highest BCUT2D eigenvalue weighted by Crippen LogP contribution is 2.19. The highest BCUT2D eigenvalue weighted by atomic mass is 16.5. The van der Waals surface area contributed by atoms with Gasteiger partial charge in [-0.3, -0.25) is 0 Å². The summed E-state index contributed by atoms with van der Waals surface area (Å²) in [7, 11) is 0. The molecule has 0 saturated heterocycles. The molecule has 1 aromatic carbocycles. The normalized spacial score (nSPS) is 9.17. The van der Waals surface area contributed by atoms with Crippen LogP contribution in [0.4, 0.5) is 0 Å². The fourth-order valence-corrected chi connectivity index (χ4v) is 1.89. The maximum absolute atomic E-state index is 5.35. The van der Waals surface area contributed by atoms with Crippen molar-refractivity contribution in [3.05, 3.63) is 74.9 Å². The summed E-state index contributed by atoms with van der Waals surface area (Å²) in [6, 6.07) is 7.48. The molecule has 0 aromatic heterocycles. The van der Waals surface area contributed by atoms with E-state index in [1.165, 1.54) is 38.5 Å². The number of rotatable bonds is 13. The Morgan fingerprint density at radius 1 is 0.667 bits per heavy atom. The Labute approximate surface area is 148 Å². The monoisotopic (exact) mass is 328 g/mol. The molecule has 0 aliphatic carbocycles. The van der Waals surface area contributed by atoms with E-state index in [1.54, 1.807) is 12.2 Å². The van der Waals surface area contributed by atoms with Gasteiger partial charge in [0.15, 0.2) is 0 Å². The molecule has 24 heavy (non-hydrogen) atoms. The van der Waals surface area contributed by atoms with Gasteiger partial charge in [0.05, 0.1) is 0 Å². The highest BCUT2D eigenvalue weighted by Gasteiger charge is 1.95. The molecule has 0 saturated carbocycles. The molecule has 0 N–H and O–H groups in total. The molecule has 1 rings (SSSR count). The van der Waals surface area contributed by atoms with E-state index in [1.807, 2.05) is 36.4 Å². The zero-order valence-corrected chi connectivity index (χ0v) is 14.9.